The van der Waals surface area contributed by atoms with Crippen molar-refractivity contribution in [3.05, 3.63) is 0 Å². The summed E-state index contributed by atoms with van der Waals surface area (Å²) in [5.74, 6) is 0.935. The van der Waals surface area contributed by atoms with Gasteiger partial charge in [0.1, 0.15) is 0 Å². The van der Waals surface area contributed by atoms with Crippen molar-refractivity contribution in [3.63, 3.8) is 0 Å². The third-order valence-corrected chi connectivity index (χ3v) is 2.50. The largest absolute Gasteiger partial charge is 0.253 e. The Morgan fingerprint density at radius 3 is 2.50 bits per heavy atom. The molecule has 1 nitrogen and oxygen atoms in total. The molecular weight excluding hydrogens is 166 g/mol. The van der Waals surface area contributed by atoms with E-state index in [1.165, 1.54) is 19.3 Å². The first kappa shape index (κ1) is 6.56. The maximum Gasteiger partial charge on any atom is 0.0177 e. The highest BCUT2D eigenvalue weighted by Crippen LogP contribution is 2.24. The molecule has 1 N–H and O–H groups in total. The van der Waals surface area contributed by atoms with Gasteiger partial charge in [0.05, 0.1) is 0 Å². The molecule has 8 heavy (non-hydrogen) atoms. The normalized spacial score (nSPS) is 38.2. The fourth-order valence-corrected chi connectivity index (χ4v) is 1.72. The number of halogens is 1. The van der Waals surface area contributed by atoms with Crippen molar-refractivity contribution in [2.24, 2.45) is 5.92 Å². The second-order valence-corrected chi connectivity index (χ2v) is 3.18. The van der Waals surface area contributed by atoms with Crippen molar-refractivity contribution < 1.29 is 0 Å². The van der Waals surface area contributed by atoms with Crippen molar-refractivity contribution in [1.29, 1.82) is 0 Å². The molecular formula is C6H12BrN. The van der Waals surface area contributed by atoms with Crippen molar-refractivity contribution >= 4 is 16.1 Å². The molecule has 1 saturated carbocycles. The molecule has 0 heterocycles. The molecule has 1 aliphatic rings. The van der Waals surface area contributed by atoms with Gasteiger partial charge in [-0.2, -0.15) is 0 Å². The lowest BCUT2D eigenvalue weighted by Gasteiger charge is -2.03. The van der Waals surface area contributed by atoms with Crippen LogP contribution in [0.2, 0.25) is 0 Å². The number of hydrogen-bond acceptors (Lipinski definition) is 1. The first-order valence-corrected chi connectivity index (χ1v) is 3.98. The van der Waals surface area contributed by atoms with Gasteiger partial charge in [-0.1, -0.05) is 6.92 Å². The van der Waals surface area contributed by atoms with Crippen LogP contribution in [0.5, 0.6) is 0 Å². The van der Waals surface area contributed by atoms with Gasteiger partial charge in [0.2, 0.25) is 0 Å². The third kappa shape index (κ3) is 1.46. The van der Waals surface area contributed by atoms with Crippen LogP contribution in [0.15, 0.2) is 0 Å². The molecule has 48 valence electrons. The predicted molar refractivity (Wildman–Crippen MR) is 38.9 cm³/mol. The molecule has 0 aromatic carbocycles. The van der Waals surface area contributed by atoms with Gasteiger partial charge in [-0.15, -0.1) is 0 Å². The summed E-state index contributed by atoms with van der Waals surface area (Å²) in [6.07, 6.45) is 4.07. The van der Waals surface area contributed by atoms with Crippen LogP contribution in [-0.4, -0.2) is 6.04 Å². The maximum atomic E-state index is 3.25. The fraction of sp³-hybridized carbons (Fsp3) is 1.00. The summed E-state index contributed by atoms with van der Waals surface area (Å²) in [6.45, 7) is 2.31. The van der Waals surface area contributed by atoms with E-state index in [2.05, 4.69) is 27.4 Å². The van der Waals surface area contributed by atoms with Crippen LogP contribution in [0.3, 0.4) is 0 Å². The van der Waals surface area contributed by atoms with Gasteiger partial charge in [-0.3, -0.25) is 4.34 Å². The Labute approximate surface area is 59.2 Å². The minimum Gasteiger partial charge on any atom is -0.253 e. The zero-order chi connectivity index (χ0) is 5.98. The summed E-state index contributed by atoms with van der Waals surface area (Å²) in [6, 6.07) is 0.741. The van der Waals surface area contributed by atoms with E-state index >= 15 is 0 Å². The fourth-order valence-electron chi connectivity index (χ4n) is 1.31. The van der Waals surface area contributed by atoms with E-state index in [4.69, 9.17) is 0 Å². The Morgan fingerprint density at radius 1 is 1.50 bits per heavy atom. The van der Waals surface area contributed by atoms with Crippen LogP contribution in [0.25, 0.3) is 0 Å². The van der Waals surface area contributed by atoms with Crippen LogP contribution >= 0.6 is 16.1 Å². The number of nitrogens with one attached hydrogen (secondary N) is 1. The van der Waals surface area contributed by atoms with E-state index in [0.717, 1.165) is 12.0 Å². The standard InChI is InChI=1S/C6H12BrN/c1-5-2-3-6(4-5)8-7/h5-6,8H,2-4H2,1H3. The second kappa shape index (κ2) is 2.83. The smallest absolute Gasteiger partial charge is 0.0177 e. The first-order valence-electron chi connectivity index (χ1n) is 3.19. The molecule has 0 aliphatic heterocycles. The van der Waals surface area contributed by atoms with Gasteiger partial charge in [0.25, 0.3) is 0 Å². The van der Waals surface area contributed by atoms with Crippen LogP contribution in [0.1, 0.15) is 26.2 Å². The van der Waals surface area contributed by atoms with Gasteiger partial charge in [-0.25, -0.2) is 0 Å². The Kier molecular flexibility index (Phi) is 2.32. The van der Waals surface area contributed by atoms with Crippen molar-refractivity contribution in [1.82, 2.24) is 4.34 Å². The van der Waals surface area contributed by atoms with Crippen LogP contribution in [0, 0.1) is 5.92 Å². The highest BCUT2D eigenvalue weighted by molar-refractivity contribution is 9.08. The Hall–Kier alpha value is 0.440. The molecule has 0 radical (unpaired) electrons. The van der Waals surface area contributed by atoms with E-state index in [1.807, 2.05) is 0 Å². The van der Waals surface area contributed by atoms with E-state index in [0.29, 0.717) is 0 Å². The minimum absolute atomic E-state index is 0.741. The molecule has 0 bridgehead atoms. The molecule has 0 saturated heterocycles. The highest BCUT2D eigenvalue weighted by Gasteiger charge is 2.19. The minimum atomic E-state index is 0.741. The topological polar surface area (TPSA) is 12.0 Å². The molecule has 0 spiro atoms. The van der Waals surface area contributed by atoms with Crippen molar-refractivity contribution in [2.45, 2.75) is 32.2 Å². The third-order valence-electron chi connectivity index (χ3n) is 1.85. The summed E-state index contributed by atoms with van der Waals surface area (Å²) < 4.78 is 3.11. The molecule has 2 heteroatoms. The molecule has 0 aromatic heterocycles. The molecule has 2 atom stereocenters. The van der Waals surface area contributed by atoms with E-state index < -0.39 is 0 Å². The van der Waals surface area contributed by atoms with Gasteiger partial charge in [0.15, 0.2) is 0 Å². The lowest BCUT2D eigenvalue weighted by molar-refractivity contribution is 0.584. The lowest BCUT2D eigenvalue weighted by atomic mass is 10.1. The molecule has 1 aliphatic carbocycles. The van der Waals surface area contributed by atoms with Gasteiger partial charge in [0, 0.05) is 22.2 Å². The monoisotopic (exact) mass is 177 g/mol. The maximum absolute atomic E-state index is 3.25. The number of hydrogen-bond donors (Lipinski definition) is 1. The average Bonchev–Trinajstić information content (AvgIpc) is 2.14. The Balaban J connectivity index is 2.22. The summed E-state index contributed by atoms with van der Waals surface area (Å²) >= 11 is 3.25. The van der Waals surface area contributed by atoms with Gasteiger partial charge in [-0.05, 0) is 25.2 Å². The summed E-state index contributed by atoms with van der Waals surface area (Å²) in [5, 5.41) is 0. The summed E-state index contributed by atoms with van der Waals surface area (Å²) in [5.41, 5.74) is 0. The Bertz CT molecular complexity index is 74.9. The zero-order valence-electron chi connectivity index (χ0n) is 5.15. The van der Waals surface area contributed by atoms with Crippen LogP contribution < -0.4 is 4.34 Å². The van der Waals surface area contributed by atoms with E-state index in [1.54, 1.807) is 0 Å². The lowest BCUT2D eigenvalue weighted by Crippen LogP contribution is -2.14. The molecule has 0 amide bonds. The van der Waals surface area contributed by atoms with Gasteiger partial charge < -0.3 is 0 Å². The average molecular weight is 178 g/mol. The van der Waals surface area contributed by atoms with Crippen molar-refractivity contribution in [2.75, 3.05) is 0 Å². The molecule has 0 aromatic rings. The summed E-state index contributed by atoms with van der Waals surface area (Å²) in [4.78, 5) is 0. The van der Waals surface area contributed by atoms with Crippen molar-refractivity contribution in [3.8, 4) is 0 Å². The summed E-state index contributed by atoms with van der Waals surface area (Å²) in [7, 11) is 0. The first-order chi connectivity index (χ1) is 3.83. The molecule has 2 unspecified atom stereocenters. The Morgan fingerprint density at radius 2 is 2.25 bits per heavy atom. The van der Waals surface area contributed by atoms with Crippen LogP contribution in [0.4, 0.5) is 0 Å². The quantitative estimate of drug-likeness (QED) is 0.606. The number of rotatable bonds is 1. The second-order valence-electron chi connectivity index (χ2n) is 2.72. The zero-order valence-corrected chi connectivity index (χ0v) is 6.74. The molecule has 1 rings (SSSR count). The highest BCUT2D eigenvalue weighted by atomic mass is 79.9. The van der Waals surface area contributed by atoms with E-state index in [9.17, 15) is 0 Å². The van der Waals surface area contributed by atoms with E-state index in [-0.39, 0.29) is 0 Å². The van der Waals surface area contributed by atoms with Gasteiger partial charge >= 0.3 is 0 Å². The van der Waals surface area contributed by atoms with Crippen LogP contribution in [-0.2, 0) is 0 Å². The molecule has 1 fully saturated rings. The predicted octanol–water partition coefficient (Wildman–Crippen LogP) is 2.07. The SMILES string of the molecule is CC1CCC(NBr)C1.